The fourth-order valence-corrected chi connectivity index (χ4v) is 6.81. The Morgan fingerprint density at radius 2 is 1.56 bits per heavy atom. The molecule has 0 amide bonds. The molecule has 0 radical (unpaired) electrons. The minimum Gasteiger partial charge on any atom is -0.481 e. The van der Waals surface area contributed by atoms with Crippen molar-refractivity contribution in [3.63, 3.8) is 0 Å². The molecule has 3 aromatic rings. The average Bonchev–Trinajstić information content (AvgIpc) is 3.60. The van der Waals surface area contributed by atoms with Crippen molar-refractivity contribution in [2.75, 3.05) is 10.8 Å². The van der Waals surface area contributed by atoms with Gasteiger partial charge in [-0.05, 0) is 59.7 Å². The summed E-state index contributed by atoms with van der Waals surface area (Å²) in [5, 5.41) is 9.76. The Kier molecular flexibility index (Phi) is 6.69. The number of carboxylic acids is 1. The monoisotopic (exact) mass is 517 g/mol. The molecule has 178 valence electrons. The summed E-state index contributed by atoms with van der Waals surface area (Å²) in [7, 11) is -4.01. The molecule has 0 spiro atoms. The molecular formula is C26H25Cl2NO4S. The maximum atomic E-state index is 13.6. The van der Waals surface area contributed by atoms with E-state index in [2.05, 4.69) is 0 Å². The van der Waals surface area contributed by atoms with Crippen LogP contribution in [0.3, 0.4) is 0 Å². The van der Waals surface area contributed by atoms with Crippen LogP contribution in [0, 0.1) is 5.92 Å². The molecule has 0 aromatic heterocycles. The Morgan fingerprint density at radius 3 is 2.09 bits per heavy atom. The molecule has 1 aliphatic carbocycles. The molecular weight excluding hydrogens is 493 g/mol. The SMILES string of the molecule is CC(C)CN(c1ccc(-c2cccc(C3(C(=O)O)CC3)c2)cc1)S(=O)(=O)c1c(Cl)cccc1Cl. The third kappa shape index (κ3) is 4.54. The first kappa shape index (κ1) is 24.6. The molecule has 1 fully saturated rings. The van der Waals surface area contributed by atoms with Gasteiger partial charge in [-0.1, -0.05) is 79.5 Å². The molecule has 5 nitrogen and oxygen atoms in total. The van der Waals surface area contributed by atoms with Gasteiger partial charge in [-0.25, -0.2) is 8.42 Å². The number of benzene rings is 3. The molecule has 1 N–H and O–H groups in total. The van der Waals surface area contributed by atoms with Crippen LogP contribution < -0.4 is 4.31 Å². The van der Waals surface area contributed by atoms with Gasteiger partial charge in [0.05, 0.1) is 21.1 Å². The van der Waals surface area contributed by atoms with E-state index in [9.17, 15) is 18.3 Å². The van der Waals surface area contributed by atoms with Crippen LogP contribution in [-0.2, 0) is 20.2 Å². The van der Waals surface area contributed by atoms with E-state index in [0.717, 1.165) is 16.7 Å². The lowest BCUT2D eigenvalue weighted by Crippen LogP contribution is -2.34. The third-order valence-electron chi connectivity index (χ3n) is 6.06. The first-order valence-corrected chi connectivity index (χ1v) is 13.2. The van der Waals surface area contributed by atoms with E-state index >= 15 is 0 Å². The van der Waals surface area contributed by atoms with Crippen LogP contribution in [0.25, 0.3) is 11.1 Å². The molecule has 8 heteroatoms. The number of rotatable bonds is 8. The summed E-state index contributed by atoms with van der Waals surface area (Å²) in [5.74, 6) is -0.745. The minimum absolute atomic E-state index is 0.0538. The highest BCUT2D eigenvalue weighted by Crippen LogP contribution is 2.49. The Labute approximate surface area is 210 Å². The van der Waals surface area contributed by atoms with Crippen molar-refractivity contribution in [1.82, 2.24) is 0 Å². The second-order valence-corrected chi connectivity index (χ2v) is 11.6. The maximum absolute atomic E-state index is 13.6. The largest absolute Gasteiger partial charge is 0.481 e. The number of anilines is 1. The number of sulfonamides is 1. The molecule has 0 bridgehead atoms. The summed E-state index contributed by atoms with van der Waals surface area (Å²) < 4.78 is 28.5. The van der Waals surface area contributed by atoms with Crippen molar-refractivity contribution in [1.29, 1.82) is 0 Å². The topological polar surface area (TPSA) is 74.7 Å². The Hall–Kier alpha value is -2.54. The molecule has 34 heavy (non-hydrogen) atoms. The molecule has 1 saturated carbocycles. The summed E-state index contributed by atoms with van der Waals surface area (Å²) in [6.07, 6.45) is 1.27. The quantitative estimate of drug-likeness (QED) is 0.363. The number of carboxylic acid groups (broad SMARTS) is 1. The van der Waals surface area contributed by atoms with E-state index < -0.39 is 21.4 Å². The zero-order valence-electron chi connectivity index (χ0n) is 18.8. The Balaban J connectivity index is 1.71. The van der Waals surface area contributed by atoms with Crippen LogP contribution in [0.2, 0.25) is 10.0 Å². The van der Waals surface area contributed by atoms with Crippen molar-refractivity contribution in [3.05, 3.63) is 82.3 Å². The first-order chi connectivity index (χ1) is 16.1. The second kappa shape index (κ2) is 9.25. The predicted octanol–water partition coefficient (Wildman–Crippen LogP) is 6.63. The minimum atomic E-state index is -4.01. The molecule has 0 aliphatic heterocycles. The lowest BCUT2D eigenvalue weighted by Gasteiger charge is -2.27. The molecule has 4 rings (SSSR count). The van der Waals surface area contributed by atoms with Crippen molar-refractivity contribution in [2.45, 2.75) is 37.0 Å². The Morgan fingerprint density at radius 1 is 0.971 bits per heavy atom. The van der Waals surface area contributed by atoms with Gasteiger partial charge in [0, 0.05) is 6.54 Å². The van der Waals surface area contributed by atoms with Gasteiger partial charge in [-0.3, -0.25) is 9.10 Å². The van der Waals surface area contributed by atoms with E-state index in [4.69, 9.17) is 23.2 Å². The predicted molar refractivity (Wildman–Crippen MR) is 136 cm³/mol. The molecule has 3 aromatic carbocycles. The molecule has 0 unspecified atom stereocenters. The van der Waals surface area contributed by atoms with E-state index in [1.54, 1.807) is 18.2 Å². The van der Waals surface area contributed by atoms with Crippen LogP contribution in [0.15, 0.2) is 71.6 Å². The average molecular weight is 518 g/mol. The van der Waals surface area contributed by atoms with Crippen LogP contribution in [0.5, 0.6) is 0 Å². The second-order valence-electron chi connectivity index (χ2n) is 9.00. The van der Waals surface area contributed by atoms with Gasteiger partial charge in [0.15, 0.2) is 0 Å². The number of halogens is 2. The summed E-state index contributed by atoms with van der Waals surface area (Å²) >= 11 is 12.5. The summed E-state index contributed by atoms with van der Waals surface area (Å²) in [6.45, 7) is 4.12. The van der Waals surface area contributed by atoms with Gasteiger partial charge in [0.2, 0.25) is 0 Å². The van der Waals surface area contributed by atoms with Gasteiger partial charge in [-0.15, -0.1) is 0 Å². The Bertz CT molecular complexity index is 1310. The first-order valence-electron chi connectivity index (χ1n) is 11.0. The zero-order valence-corrected chi connectivity index (χ0v) is 21.2. The van der Waals surface area contributed by atoms with Crippen LogP contribution in [0.1, 0.15) is 32.3 Å². The van der Waals surface area contributed by atoms with Gasteiger partial charge in [0.25, 0.3) is 10.0 Å². The zero-order chi connectivity index (χ0) is 24.7. The standard InChI is InChI=1S/C26H25Cl2NO4S/c1-17(2)16-29(34(32,33)24-22(27)7-4-8-23(24)28)21-11-9-18(10-12-21)19-5-3-6-20(15-19)26(13-14-26)25(30)31/h3-12,15,17H,13-14,16H2,1-2H3,(H,30,31). The van der Waals surface area contributed by atoms with Gasteiger partial charge >= 0.3 is 5.97 Å². The lowest BCUT2D eigenvalue weighted by atomic mass is 9.92. The number of carbonyl (C=O) groups is 1. The van der Waals surface area contributed by atoms with Crippen molar-refractivity contribution >= 4 is 44.9 Å². The number of nitrogens with zero attached hydrogens (tertiary/aromatic N) is 1. The van der Waals surface area contributed by atoms with E-state index in [1.165, 1.54) is 16.4 Å². The smallest absolute Gasteiger partial charge is 0.314 e. The van der Waals surface area contributed by atoms with Gasteiger partial charge < -0.3 is 5.11 Å². The van der Waals surface area contributed by atoms with Gasteiger partial charge in [-0.2, -0.15) is 0 Å². The summed E-state index contributed by atoms with van der Waals surface area (Å²) in [4.78, 5) is 11.6. The van der Waals surface area contributed by atoms with Gasteiger partial charge in [0.1, 0.15) is 4.90 Å². The number of hydrogen-bond donors (Lipinski definition) is 1. The highest BCUT2D eigenvalue weighted by atomic mass is 35.5. The van der Waals surface area contributed by atoms with E-state index in [-0.39, 0.29) is 27.4 Å². The molecule has 1 aliphatic rings. The third-order valence-corrected chi connectivity index (χ3v) is 8.81. The number of aliphatic carboxylic acids is 1. The number of hydrogen-bond acceptors (Lipinski definition) is 3. The van der Waals surface area contributed by atoms with Crippen LogP contribution in [-0.4, -0.2) is 26.0 Å². The summed E-state index contributed by atoms with van der Waals surface area (Å²) in [6, 6.07) is 19.3. The fraction of sp³-hybridized carbons (Fsp3) is 0.269. The molecule has 0 saturated heterocycles. The highest BCUT2D eigenvalue weighted by molar-refractivity contribution is 7.93. The normalized spacial score (nSPS) is 14.7. The maximum Gasteiger partial charge on any atom is 0.314 e. The van der Waals surface area contributed by atoms with Crippen molar-refractivity contribution in [3.8, 4) is 11.1 Å². The summed E-state index contributed by atoms with van der Waals surface area (Å²) in [5.41, 5.74) is 2.24. The van der Waals surface area contributed by atoms with Crippen molar-refractivity contribution in [2.24, 2.45) is 5.92 Å². The van der Waals surface area contributed by atoms with Crippen LogP contribution in [0.4, 0.5) is 5.69 Å². The molecule has 0 atom stereocenters. The fourth-order valence-electron chi connectivity index (χ4n) is 4.08. The highest BCUT2D eigenvalue weighted by Gasteiger charge is 2.51. The lowest BCUT2D eigenvalue weighted by molar-refractivity contribution is -0.140. The van der Waals surface area contributed by atoms with E-state index in [1.807, 2.05) is 50.2 Å². The van der Waals surface area contributed by atoms with Crippen LogP contribution >= 0.6 is 23.2 Å². The van der Waals surface area contributed by atoms with Crippen molar-refractivity contribution < 1.29 is 18.3 Å². The van der Waals surface area contributed by atoms with E-state index in [0.29, 0.717) is 18.5 Å². The molecule has 0 heterocycles.